The maximum atomic E-state index is 16.7. The van der Waals surface area contributed by atoms with Gasteiger partial charge in [0, 0.05) is 25.2 Å². The van der Waals surface area contributed by atoms with Gasteiger partial charge in [-0.3, -0.25) is 4.99 Å². The van der Waals surface area contributed by atoms with E-state index in [1.54, 1.807) is 32.0 Å². The Morgan fingerprint density at radius 2 is 1.78 bits per heavy atom. The molecule has 7 rings (SSSR count). The van der Waals surface area contributed by atoms with Gasteiger partial charge >= 0.3 is 6.16 Å². The number of benzene rings is 3. The third-order valence-corrected chi connectivity index (χ3v) is 8.73. The molecule has 3 aliphatic rings. The maximum Gasteiger partial charge on any atom is 0.508 e. The number of hydrogen-bond donors (Lipinski definition) is 0. The lowest BCUT2D eigenvalue weighted by Crippen LogP contribution is -2.41. The number of rotatable bonds is 12. The lowest BCUT2D eigenvalue weighted by molar-refractivity contribution is -0.217. The number of ether oxygens (including phenoxy) is 9. The summed E-state index contributed by atoms with van der Waals surface area (Å²) in [6, 6.07) is 22.3. The second kappa shape index (κ2) is 15.8. The summed E-state index contributed by atoms with van der Waals surface area (Å²) in [6.45, 7) is 4.28. The Morgan fingerprint density at radius 3 is 2.51 bits per heavy atom. The van der Waals surface area contributed by atoms with E-state index in [0.29, 0.717) is 17.9 Å². The maximum absolute atomic E-state index is 16.7. The number of aliphatic imine (C=N–C) groups is 1. The van der Waals surface area contributed by atoms with Crippen LogP contribution in [0.1, 0.15) is 30.5 Å². The average molecular weight is 759 g/mol. The molecule has 0 radical (unpaired) electrons. The molecule has 0 amide bonds. The van der Waals surface area contributed by atoms with Crippen LogP contribution in [0.4, 0.5) is 13.6 Å². The Hall–Kier alpha value is -6.02. The summed E-state index contributed by atoms with van der Waals surface area (Å²) < 4.78 is 84.7. The van der Waals surface area contributed by atoms with E-state index in [1.807, 2.05) is 54.4 Å². The number of carbonyl (C=O) groups excluding carboxylic acids is 1. The summed E-state index contributed by atoms with van der Waals surface area (Å²) in [4.78, 5) is 22.5. The second-order valence-corrected chi connectivity index (χ2v) is 13.1. The largest absolute Gasteiger partial charge is 0.508 e. The zero-order valence-electron chi connectivity index (χ0n) is 30.2. The molecule has 4 heterocycles. The smallest absolute Gasteiger partial charge is 0.485 e. The van der Waals surface area contributed by atoms with Crippen LogP contribution in [0, 0.1) is 23.0 Å². The fraction of sp³-hybridized carbons (Fsp3) is 0.333. The predicted molar refractivity (Wildman–Crippen MR) is 188 cm³/mol. The Kier molecular flexibility index (Phi) is 10.7. The molecule has 2 saturated heterocycles. The SMILES string of the molecule is COC(=O)OCC1OC2OC(C)(C)OC2C1Oc1c(F)c(Oc2cccc(C3=NCCN3C)c2)nc(Oc2cc(C#N)ccc2OCc2ccccc2)c1F. The summed E-state index contributed by atoms with van der Waals surface area (Å²) in [5.74, 6) is -5.40. The van der Waals surface area contributed by atoms with E-state index < -0.39 is 72.3 Å². The third kappa shape index (κ3) is 8.24. The summed E-state index contributed by atoms with van der Waals surface area (Å²) in [5, 5.41) is 9.67. The molecule has 4 unspecified atom stereocenters. The van der Waals surface area contributed by atoms with Crippen molar-refractivity contribution in [2.75, 3.05) is 33.9 Å². The van der Waals surface area contributed by atoms with Gasteiger partial charge in [-0.05, 0) is 43.7 Å². The van der Waals surface area contributed by atoms with Crippen molar-refractivity contribution in [1.29, 1.82) is 5.26 Å². The van der Waals surface area contributed by atoms with Crippen molar-refractivity contribution in [2.24, 2.45) is 4.99 Å². The Labute approximate surface area is 314 Å². The second-order valence-electron chi connectivity index (χ2n) is 13.1. The number of fused-ring (bicyclic) bond motifs is 1. The quantitative estimate of drug-likeness (QED) is 0.145. The van der Waals surface area contributed by atoms with Gasteiger partial charge in [0.1, 0.15) is 30.9 Å². The van der Waals surface area contributed by atoms with Gasteiger partial charge in [0.05, 0.1) is 25.3 Å². The van der Waals surface area contributed by atoms with Crippen LogP contribution in [0.3, 0.4) is 0 Å². The van der Waals surface area contributed by atoms with E-state index in [2.05, 4.69) is 14.7 Å². The van der Waals surface area contributed by atoms with Crippen LogP contribution in [0.2, 0.25) is 0 Å². The van der Waals surface area contributed by atoms with E-state index in [9.17, 15) is 10.1 Å². The van der Waals surface area contributed by atoms with E-state index in [0.717, 1.165) is 19.2 Å². The number of amidine groups is 1. The summed E-state index contributed by atoms with van der Waals surface area (Å²) in [6.07, 6.45) is -5.50. The van der Waals surface area contributed by atoms with Crippen LogP contribution in [-0.2, 0) is 30.3 Å². The first kappa shape index (κ1) is 37.3. The third-order valence-electron chi connectivity index (χ3n) is 8.73. The van der Waals surface area contributed by atoms with Gasteiger partial charge in [0.25, 0.3) is 11.8 Å². The minimum Gasteiger partial charge on any atom is -0.485 e. The fourth-order valence-corrected chi connectivity index (χ4v) is 6.16. The number of pyridine rings is 1. The molecule has 0 aliphatic carbocycles. The number of carbonyl (C=O) groups is 1. The van der Waals surface area contributed by atoms with Crippen LogP contribution < -0.4 is 18.9 Å². The van der Waals surface area contributed by atoms with Gasteiger partial charge in [-0.15, -0.1) is 0 Å². The standard InChI is InChI=1S/C39H36F2N4O10/c1-39(2)54-33-31(28(52-37(33)55-39)21-49-38(46)47-4)53-32-29(40)35(50-25-12-8-11-24(18-25)34-43-15-16-45(34)3)44-36(30(32)41)51-27-17-23(19-42)13-14-26(27)48-20-22-9-6-5-7-10-22/h5-14,17-18,28,31,33,37H,15-16,20-21H2,1-4H3. The molecule has 0 bridgehead atoms. The van der Waals surface area contributed by atoms with Gasteiger partial charge < -0.3 is 47.5 Å². The minimum absolute atomic E-state index is 0.0999. The molecular formula is C39H36F2N4O10. The van der Waals surface area contributed by atoms with E-state index in [1.165, 1.54) is 18.2 Å². The van der Waals surface area contributed by atoms with Gasteiger partial charge in [-0.1, -0.05) is 42.5 Å². The molecule has 14 nitrogen and oxygen atoms in total. The van der Waals surface area contributed by atoms with Gasteiger partial charge in [-0.2, -0.15) is 19.0 Å². The summed E-state index contributed by atoms with van der Waals surface area (Å²) >= 11 is 0. The molecule has 0 N–H and O–H groups in total. The van der Waals surface area contributed by atoms with Crippen molar-refractivity contribution >= 4 is 12.0 Å². The van der Waals surface area contributed by atoms with Crippen molar-refractivity contribution in [2.45, 2.75) is 50.8 Å². The topological polar surface area (TPSA) is 152 Å². The number of halogens is 2. The van der Waals surface area contributed by atoms with Crippen molar-refractivity contribution in [3.8, 4) is 40.8 Å². The van der Waals surface area contributed by atoms with E-state index in [-0.39, 0.29) is 29.4 Å². The molecule has 16 heteroatoms. The normalized spacial score (nSPS) is 21.0. The number of likely N-dealkylation sites (N-methyl/N-ethyl adjacent to an activating group) is 1. The van der Waals surface area contributed by atoms with E-state index >= 15 is 8.78 Å². The molecule has 0 spiro atoms. The Morgan fingerprint density at radius 1 is 1.00 bits per heavy atom. The summed E-state index contributed by atoms with van der Waals surface area (Å²) in [5.41, 5.74) is 1.69. The van der Waals surface area contributed by atoms with E-state index in [4.69, 9.17) is 37.9 Å². The first-order chi connectivity index (χ1) is 26.5. The Balaban J connectivity index is 1.28. The van der Waals surface area contributed by atoms with Crippen LogP contribution in [0.15, 0.2) is 77.8 Å². The highest BCUT2D eigenvalue weighted by Crippen LogP contribution is 2.44. The van der Waals surface area contributed by atoms with Gasteiger partial charge in [-0.25, -0.2) is 4.79 Å². The number of methoxy groups -OCH3 is 1. The fourth-order valence-electron chi connectivity index (χ4n) is 6.16. The number of nitrogens with zero attached hydrogens (tertiary/aromatic N) is 4. The molecule has 4 atom stereocenters. The monoisotopic (exact) mass is 758 g/mol. The first-order valence-electron chi connectivity index (χ1n) is 17.2. The molecule has 1 aromatic heterocycles. The zero-order chi connectivity index (χ0) is 38.7. The van der Waals surface area contributed by atoms with Gasteiger partial charge in [0.15, 0.2) is 35.8 Å². The lowest BCUT2D eigenvalue weighted by atomic mass is 10.1. The highest BCUT2D eigenvalue weighted by molar-refractivity contribution is 5.99. The van der Waals surface area contributed by atoms with Crippen molar-refractivity contribution in [3.63, 3.8) is 0 Å². The van der Waals surface area contributed by atoms with Crippen molar-refractivity contribution in [3.05, 3.63) is 101 Å². The molecule has 0 saturated carbocycles. The van der Waals surface area contributed by atoms with Gasteiger partial charge in [0.2, 0.25) is 17.4 Å². The van der Waals surface area contributed by atoms with Crippen molar-refractivity contribution < 1.29 is 56.2 Å². The molecule has 3 aromatic carbocycles. The summed E-state index contributed by atoms with van der Waals surface area (Å²) in [7, 11) is 3.02. The van der Waals surface area contributed by atoms with Crippen LogP contribution in [-0.4, -0.2) is 86.1 Å². The Bertz CT molecular complexity index is 2130. The molecule has 3 aliphatic heterocycles. The highest BCUT2D eigenvalue weighted by atomic mass is 19.1. The molecule has 2 fully saturated rings. The first-order valence-corrected chi connectivity index (χ1v) is 17.2. The van der Waals surface area contributed by atoms with Crippen LogP contribution in [0.5, 0.6) is 34.8 Å². The predicted octanol–water partition coefficient (Wildman–Crippen LogP) is 6.49. The lowest BCUT2D eigenvalue weighted by Gasteiger charge is -2.26. The number of hydrogen-bond acceptors (Lipinski definition) is 14. The number of nitriles is 1. The minimum atomic E-state index is -1.37. The number of aromatic nitrogens is 1. The average Bonchev–Trinajstić information content (AvgIpc) is 3.84. The molecular weight excluding hydrogens is 722 g/mol. The van der Waals surface area contributed by atoms with Crippen LogP contribution >= 0.6 is 0 Å². The van der Waals surface area contributed by atoms with Crippen molar-refractivity contribution in [1.82, 2.24) is 9.88 Å². The highest BCUT2D eigenvalue weighted by Gasteiger charge is 2.57. The molecule has 286 valence electrons. The molecule has 55 heavy (non-hydrogen) atoms. The molecule has 4 aromatic rings. The van der Waals surface area contributed by atoms with Crippen LogP contribution in [0.25, 0.3) is 0 Å². The zero-order valence-corrected chi connectivity index (χ0v) is 30.2.